The van der Waals surface area contributed by atoms with Gasteiger partial charge in [0.1, 0.15) is 0 Å². The molecule has 0 saturated carbocycles. The molecule has 0 aliphatic carbocycles. The Morgan fingerprint density at radius 1 is 1.26 bits per heavy atom. The number of hydrogen-bond donors (Lipinski definition) is 1. The number of rotatable bonds is 9. The van der Waals surface area contributed by atoms with E-state index >= 15 is 0 Å². The zero-order valence-electron chi connectivity index (χ0n) is 12.8. The van der Waals surface area contributed by atoms with E-state index in [9.17, 15) is 0 Å². The zero-order valence-corrected chi connectivity index (χ0v) is 12.8. The molecule has 6 nitrogen and oxygen atoms in total. The van der Waals surface area contributed by atoms with E-state index < -0.39 is 0 Å². The number of imidazole rings is 1. The van der Waals surface area contributed by atoms with Crippen molar-refractivity contribution in [2.45, 2.75) is 6.54 Å². The Morgan fingerprint density at radius 3 is 2.58 bits per heavy atom. The van der Waals surface area contributed by atoms with E-state index in [1.165, 1.54) is 5.69 Å². The molecule has 0 aliphatic heterocycles. The second-order valence-corrected chi connectivity index (χ2v) is 5.10. The van der Waals surface area contributed by atoms with E-state index in [1.807, 2.05) is 46.3 Å². The maximum atomic E-state index is 5.52. The first-order chi connectivity index (χ1) is 9.02. The van der Waals surface area contributed by atoms with Crippen LogP contribution in [0.15, 0.2) is 6.20 Å². The van der Waals surface area contributed by atoms with Gasteiger partial charge in [0.25, 0.3) is 0 Å². The van der Waals surface area contributed by atoms with Crippen LogP contribution in [0.25, 0.3) is 0 Å². The lowest BCUT2D eigenvalue weighted by Gasteiger charge is -2.13. The van der Waals surface area contributed by atoms with Crippen molar-refractivity contribution in [1.29, 1.82) is 0 Å². The average Bonchev–Trinajstić information content (AvgIpc) is 2.69. The van der Waals surface area contributed by atoms with Gasteiger partial charge in [0, 0.05) is 40.8 Å². The van der Waals surface area contributed by atoms with Crippen LogP contribution in [0, 0.1) is 0 Å². The van der Waals surface area contributed by atoms with Crippen LogP contribution in [0.5, 0.6) is 0 Å². The predicted molar refractivity (Wildman–Crippen MR) is 78.6 cm³/mol. The van der Waals surface area contributed by atoms with Gasteiger partial charge in [-0.3, -0.25) is 0 Å². The summed E-state index contributed by atoms with van der Waals surface area (Å²) in [6.45, 7) is 4.16. The van der Waals surface area contributed by atoms with Gasteiger partial charge >= 0.3 is 0 Å². The number of hydrogen-bond acceptors (Lipinski definition) is 5. The highest BCUT2D eigenvalue weighted by molar-refractivity contribution is 5.30. The van der Waals surface area contributed by atoms with E-state index in [4.69, 9.17) is 4.74 Å². The summed E-state index contributed by atoms with van der Waals surface area (Å²) < 4.78 is 7.62. The maximum Gasteiger partial charge on any atom is 0.204 e. The summed E-state index contributed by atoms with van der Waals surface area (Å²) in [4.78, 5) is 8.50. The van der Waals surface area contributed by atoms with Crippen LogP contribution in [0.3, 0.4) is 0 Å². The summed E-state index contributed by atoms with van der Waals surface area (Å²) in [6, 6.07) is 0. The summed E-state index contributed by atoms with van der Waals surface area (Å²) in [6.07, 6.45) is 1.91. The van der Waals surface area contributed by atoms with Gasteiger partial charge in [-0.1, -0.05) is 0 Å². The quantitative estimate of drug-likeness (QED) is 0.647. The molecule has 0 radical (unpaired) electrons. The molecular formula is C13H27N5O. The Morgan fingerprint density at radius 2 is 2.00 bits per heavy atom. The van der Waals surface area contributed by atoms with Crippen LogP contribution < -0.4 is 10.2 Å². The molecule has 6 heteroatoms. The van der Waals surface area contributed by atoms with Crippen molar-refractivity contribution in [3.05, 3.63) is 11.9 Å². The zero-order chi connectivity index (χ0) is 14.3. The third-order valence-electron chi connectivity index (χ3n) is 2.87. The molecule has 0 aromatic carbocycles. The summed E-state index contributed by atoms with van der Waals surface area (Å²) in [5, 5.41) is 3.36. The van der Waals surface area contributed by atoms with Crippen molar-refractivity contribution >= 4 is 5.95 Å². The SMILES string of the molecule is CN(C)CCOCCNCc1cnc(N(C)C)n1C. The van der Waals surface area contributed by atoms with E-state index in [0.717, 1.165) is 38.8 Å². The lowest BCUT2D eigenvalue weighted by atomic mass is 10.4. The normalized spacial score (nSPS) is 11.3. The van der Waals surface area contributed by atoms with Crippen molar-refractivity contribution in [3.8, 4) is 0 Å². The van der Waals surface area contributed by atoms with E-state index in [1.54, 1.807) is 0 Å². The topological polar surface area (TPSA) is 45.6 Å². The van der Waals surface area contributed by atoms with Crippen LogP contribution in [0.1, 0.15) is 5.69 Å². The molecule has 0 unspecified atom stereocenters. The number of nitrogens with zero attached hydrogens (tertiary/aromatic N) is 4. The van der Waals surface area contributed by atoms with Crippen molar-refractivity contribution in [2.75, 3.05) is 59.4 Å². The molecule has 110 valence electrons. The molecule has 1 aromatic rings. The third kappa shape index (κ3) is 5.59. The first kappa shape index (κ1) is 15.9. The molecule has 1 heterocycles. The summed E-state index contributed by atoms with van der Waals surface area (Å²) in [5.41, 5.74) is 1.18. The molecule has 0 bridgehead atoms. The average molecular weight is 269 g/mol. The monoisotopic (exact) mass is 269 g/mol. The molecule has 0 aliphatic rings. The minimum absolute atomic E-state index is 0.742. The van der Waals surface area contributed by atoms with Crippen molar-refractivity contribution in [3.63, 3.8) is 0 Å². The lowest BCUT2D eigenvalue weighted by molar-refractivity contribution is 0.119. The molecule has 1 aromatic heterocycles. The van der Waals surface area contributed by atoms with Gasteiger partial charge < -0.3 is 24.4 Å². The summed E-state index contributed by atoms with van der Waals surface area (Å²) in [7, 11) is 10.1. The van der Waals surface area contributed by atoms with E-state index in [0.29, 0.717) is 0 Å². The Bertz CT molecular complexity index is 362. The molecule has 0 amide bonds. The van der Waals surface area contributed by atoms with Crippen LogP contribution >= 0.6 is 0 Å². The van der Waals surface area contributed by atoms with Crippen molar-refractivity contribution in [1.82, 2.24) is 19.8 Å². The second-order valence-electron chi connectivity index (χ2n) is 5.10. The van der Waals surface area contributed by atoms with E-state index in [2.05, 4.69) is 19.8 Å². The number of anilines is 1. The van der Waals surface area contributed by atoms with Gasteiger partial charge in [-0.15, -0.1) is 0 Å². The number of nitrogens with one attached hydrogen (secondary N) is 1. The van der Waals surface area contributed by atoms with Gasteiger partial charge in [0.05, 0.1) is 25.1 Å². The molecule has 1 N–H and O–H groups in total. The number of aromatic nitrogens is 2. The Balaban J connectivity index is 2.16. The smallest absolute Gasteiger partial charge is 0.204 e. The Hall–Kier alpha value is -1.11. The van der Waals surface area contributed by atoms with Crippen LogP contribution in [0.4, 0.5) is 5.95 Å². The van der Waals surface area contributed by atoms with Crippen LogP contribution in [0.2, 0.25) is 0 Å². The molecular weight excluding hydrogens is 242 g/mol. The lowest BCUT2D eigenvalue weighted by Crippen LogP contribution is -2.24. The minimum Gasteiger partial charge on any atom is -0.379 e. The first-order valence-corrected chi connectivity index (χ1v) is 6.63. The van der Waals surface area contributed by atoms with Gasteiger partial charge in [0.15, 0.2) is 0 Å². The fraction of sp³-hybridized carbons (Fsp3) is 0.769. The molecule has 1 rings (SSSR count). The van der Waals surface area contributed by atoms with Crippen LogP contribution in [-0.4, -0.2) is 68.9 Å². The Labute approximate surface area is 116 Å². The summed E-state index contributed by atoms with van der Waals surface area (Å²) >= 11 is 0. The molecule has 19 heavy (non-hydrogen) atoms. The predicted octanol–water partition coefficient (Wildman–Crippen LogP) is 0.154. The van der Waals surface area contributed by atoms with Gasteiger partial charge in [0.2, 0.25) is 5.95 Å². The standard InChI is InChI=1S/C13H27N5O/c1-16(2)7-9-19-8-6-14-10-12-11-15-13(17(3)4)18(12)5/h11,14H,6-10H2,1-5H3. The third-order valence-corrected chi connectivity index (χ3v) is 2.87. The molecule has 0 atom stereocenters. The van der Waals surface area contributed by atoms with Gasteiger partial charge in [-0.25, -0.2) is 4.98 Å². The number of ether oxygens (including phenoxy) is 1. The van der Waals surface area contributed by atoms with Gasteiger partial charge in [-0.05, 0) is 14.1 Å². The van der Waals surface area contributed by atoms with Crippen molar-refractivity contribution in [2.24, 2.45) is 7.05 Å². The fourth-order valence-corrected chi connectivity index (χ4v) is 1.72. The highest BCUT2D eigenvalue weighted by atomic mass is 16.5. The largest absolute Gasteiger partial charge is 0.379 e. The molecule has 0 spiro atoms. The minimum atomic E-state index is 0.742. The first-order valence-electron chi connectivity index (χ1n) is 6.63. The maximum absolute atomic E-state index is 5.52. The Kier molecular flexibility index (Phi) is 6.83. The highest BCUT2D eigenvalue weighted by Gasteiger charge is 2.06. The van der Waals surface area contributed by atoms with Crippen LogP contribution in [-0.2, 0) is 18.3 Å². The summed E-state index contributed by atoms with van der Waals surface area (Å²) in [5.74, 6) is 0.971. The fourth-order valence-electron chi connectivity index (χ4n) is 1.72. The number of likely N-dealkylation sites (N-methyl/N-ethyl adjacent to an activating group) is 1. The molecule has 0 fully saturated rings. The highest BCUT2D eigenvalue weighted by Crippen LogP contribution is 2.10. The van der Waals surface area contributed by atoms with Gasteiger partial charge in [-0.2, -0.15) is 0 Å². The van der Waals surface area contributed by atoms with Crippen molar-refractivity contribution < 1.29 is 4.74 Å². The second kappa shape index (κ2) is 8.14. The molecule has 0 saturated heterocycles. The van der Waals surface area contributed by atoms with E-state index in [-0.39, 0.29) is 0 Å².